The summed E-state index contributed by atoms with van der Waals surface area (Å²) in [5.41, 5.74) is 0.567. The van der Waals surface area contributed by atoms with Crippen LogP contribution in [0.4, 0.5) is 0 Å². The van der Waals surface area contributed by atoms with Crippen molar-refractivity contribution in [2.75, 3.05) is 7.05 Å². The van der Waals surface area contributed by atoms with Crippen molar-refractivity contribution in [1.29, 1.82) is 0 Å². The van der Waals surface area contributed by atoms with Crippen molar-refractivity contribution in [2.45, 2.75) is 84.6 Å². The summed E-state index contributed by atoms with van der Waals surface area (Å²) in [6, 6.07) is 0.758. The summed E-state index contributed by atoms with van der Waals surface area (Å²) in [4.78, 5) is 0. The molecule has 17 heavy (non-hydrogen) atoms. The molecule has 1 aliphatic carbocycles. The van der Waals surface area contributed by atoms with Crippen LogP contribution in [0.25, 0.3) is 0 Å². The van der Waals surface area contributed by atoms with Gasteiger partial charge in [-0.2, -0.15) is 0 Å². The van der Waals surface area contributed by atoms with E-state index in [1.807, 2.05) is 0 Å². The van der Waals surface area contributed by atoms with E-state index in [1.165, 1.54) is 57.8 Å². The molecule has 0 aromatic rings. The highest BCUT2D eigenvalue weighted by Gasteiger charge is 2.38. The zero-order valence-corrected chi connectivity index (χ0v) is 12.5. The monoisotopic (exact) mass is 239 g/mol. The second kappa shape index (κ2) is 7.41. The molecule has 0 aliphatic heterocycles. The molecule has 0 aromatic heterocycles. The van der Waals surface area contributed by atoms with Crippen LogP contribution >= 0.6 is 0 Å². The molecule has 0 amide bonds. The third-order valence-electron chi connectivity index (χ3n) is 4.82. The summed E-state index contributed by atoms with van der Waals surface area (Å²) in [5, 5.41) is 3.59. The molecular formula is C16H33N. The van der Waals surface area contributed by atoms with Crippen LogP contribution in [0.1, 0.15) is 78.6 Å². The fraction of sp³-hybridized carbons (Fsp3) is 1.00. The Balaban J connectivity index is 2.28. The molecule has 2 unspecified atom stereocenters. The summed E-state index contributed by atoms with van der Waals surface area (Å²) in [5.74, 6) is 0.902. The molecule has 0 saturated heterocycles. The Morgan fingerprint density at radius 2 is 1.88 bits per heavy atom. The third kappa shape index (κ3) is 4.62. The average Bonchev–Trinajstić information content (AvgIpc) is 2.64. The zero-order chi connectivity index (χ0) is 12.7. The minimum Gasteiger partial charge on any atom is -0.317 e. The van der Waals surface area contributed by atoms with E-state index in [0.29, 0.717) is 5.41 Å². The Kier molecular flexibility index (Phi) is 6.54. The van der Waals surface area contributed by atoms with Gasteiger partial charge in [-0.3, -0.25) is 0 Å². The summed E-state index contributed by atoms with van der Waals surface area (Å²) in [6.07, 6.45) is 12.7. The molecule has 2 atom stereocenters. The van der Waals surface area contributed by atoms with Gasteiger partial charge in [0.1, 0.15) is 0 Å². The van der Waals surface area contributed by atoms with Crippen LogP contribution in [0.5, 0.6) is 0 Å². The maximum absolute atomic E-state index is 3.59. The molecule has 1 N–H and O–H groups in total. The highest BCUT2D eigenvalue weighted by Crippen LogP contribution is 2.45. The van der Waals surface area contributed by atoms with E-state index in [2.05, 4.69) is 33.1 Å². The standard InChI is InChI=1S/C16H33N/c1-5-6-7-8-9-12-15(17-4)14-11-10-13-16(14,2)3/h14-15,17H,5-13H2,1-4H3. The third-order valence-corrected chi connectivity index (χ3v) is 4.82. The van der Waals surface area contributed by atoms with Crippen LogP contribution in [0.2, 0.25) is 0 Å². The molecule has 1 rings (SSSR count). The number of rotatable bonds is 8. The van der Waals surface area contributed by atoms with Crippen molar-refractivity contribution in [1.82, 2.24) is 5.32 Å². The van der Waals surface area contributed by atoms with Crippen LogP contribution in [-0.2, 0) is 0 Å². The van der Waals surface area contributed by atoms with Gasteiger partial charge in [0.15, 0.2) is 0 Å². The quantitative estimate of drug-likeness (QED) is 0.602. The van der Waals surface area contributed by atoms with E-state index in [4.69, 9.17) is 0 Å². The van der Waals surface area contributed by atoms with Gasteiger partial charge in [-0.05, 0) is 37.6 Å². The summed E-state index contributed by atoms with van der Waals surface area (Å²) in [7, 11) is 2.16. The Morgan fingerprint density at radius 3 is 2.41 bits per heavy atom. The van der Waals surface area contributed by atoms with E-state index >= 15 is 0 Å². The lowest BCUT2D eigenvalue weighted by atomic mass is 9.76. The van der Waals surface area contributed by atoms with Gasteiger partial charge in [0, 0.05) is 6.04 Å². The van der Waals surface area contributed by atoms with Crippen molar-refractivity contribution in [3.05, 3.63) is 0 Å². The fourth-order valence-corrected chi connectivity index (χ4v) is 3.61. The van der Waals surface area contributed by atoms with Gasteiger partial charge in [-0.25, -0.2) is 0 Å². The highest BCUT2D eigenvalue weighted by atomic mass is 14.9. The van der Waals surface area contributed by atoms with Crippen molar-refractivity contribution in [3.8, 4) is 0 Å². The molecule has 0 radical (unpaired) electrons. The van der Waals surface area contributed by atoms with E-state index in [0.717, 1.165) is 12.0 Å². The van der Waals surface area contributed by atoms with Crippen LogP contribution in [0.15, 0.2) is 0 Å². The zero-order valence-electron chi connectivity index (χ0n) is 12.5. The highest BCUT2D eigenvalue weighted by molar-refractivity contribution is 4.91. The Bertz CT molecular complexity index is 198. The van der Waals surface area contributed by atoms with Gasteiger partial charge >= 0.3 is 0 Å². The molecule has 1 aliphatic rings. The van der Waals surface area contributed by atoms with E-state index in [1.54, 1.807) is 0 Å². The van der Waals surface area contributed by atoms with Crippen molar-refractivity contribution < 1.29 is 0 Å². The smallest absolute Gasteiger partial charge is 0.00974 e. The fourth-order valence-electron chi connectivity index (χ4n) is 3.61. The SMILES string of the molecule is CCCCCCCC(NC)C1CCCC1(C)C. The molecule has 0 heterocycles. The predicted molar refractivity (Wildman–Crippen MR) is 77.3 cm³/mol. The molecule has 1 saturated carbocycles. The first kappa shape index (κ1) is 15.0. The molecule has 0 spiro atoms. The minimum absolute atomic E-state index is 0.567. The van der Waals surface area contributed by atoms with Crippen LogP contribution in [0, 0.1) is 11.3 Å². The molecule has 1 heteroatoms. The number of nitrogens with one attached hydrogen (secondary N) is 1. The number of hydrogen-bond acceptors (Lipinski definition) is 1. The Hall–Kier alpha value is -0.0400. The second-order valence-corrected chi connectivity index (χ2v) is 6.59. The molecule has 1 fully saturated rings. The Labute approximate surface area is 109 Å². The van der Waals surface area contributed by atoms with E-state index in [9.17, 15) is 0 Å². The van der Waals surface area contributed by atoms with Gasteiger partial charge < -0.3 is 5.32 Å². The Morgan fingerprint density at radius 1 is 1.18 bits per heavy atom. The topological polar surface area (TPSA) is 12.0 Å². The van der Waals surface area contributed by atoms with Crippen LogP contribution in [-0.4, -0.2) is 13.1 Å². The molecule has 0 aromatic carbocycles. The maximum atomic E-state index is 3.59. The van der Waals surface area contributed by atoms with Crippen LogP contribution in [0.3, 0.4) is 0 Å². The van der Waals surface area contributed by atoms with Crippen molar-refractivity contribution in [2.24, 2.45) is 11.3 Å². The number of hydrogen-bond donors (Lipinski definition) is 1. The van der Waals surface area contributed by atoms with Crippen molar-refractivity contribution >= 4 is 0 Å². The molecule has 102 valence electrons. The summed E-state index contributed by atoms with van der Waals surface area (Å²) >= 11 is 0. The lowest BCUT2D eigenvalue weighted by molar-refractivity contribution is 0.193. The van der Waals surface area contributed by atoms with E-state index < -0.39 is 0 Å². The van der Waals surface area contributed by atoms with Gasteiger partial charge in [0.2, 0.25) is 0 Å². The first-order valence-electron chi connectivity index (χ1n) is 7.79. The van der Waals surface area contributed by atoms with Crippen LogP contribution < -0.4 is 5.32 Å². The van der Waals surface area contributed by atoms with Gasteiger partial charge in [-0.1, -0.05) is 59.3 Å². The van der Waals surface area contributed by atoms with Gasteiger partial charge in [-0.15, -0.1) is 0 Å². The first-order valence-corrected chi connectivity index (χ1v) is 7.79. The lowest BCUT2D eigenvalue weighted by Gasteiger charge is -2.34. The average molecular weight is 239 g/mol. The van der Waals surface area contributed by atoms with Gasteiger partial charge in [0.25, 0.3) is 0 Å². The molecule has 1 nitrogen and oxygen atoms in total. The minimum atomic E-state index is 0.567. The van der Waals surface area contributed by atoms with Gasteiger partial charge in [0.05, 0.1) is 0 Å². The molecule has 0 bridgehead atoms. The first-order chi connectivity index (χ1) is 8.11. The largest absolute Gasteiger partial charge is 0.317 e. The predicted octanol–water partition coefficient (Wildman–Crippen LogP) is 4.76. The normalized spacial score (nSPS) is 25.1. The van der Waals surface area contributed by atoms with E-state index in [-0.39, 0.29) is 0 Å². The summed E-state index contributed by atoms with van der Waals surface area (Å²) in [6.45, 7) is 7.22. The maximum Gasteiger partial charge on any atom is 0.00974 e. The molecular weight excluding hydrogens is 206 g/mol. The summed E-state index contributed by atoms with van der Waals surface area (Å²) < 4.78 is 0. The second-order valence-electron chi connectivity index (χ2n) is 6.59. The number of unbranched alkanes of at least 4 members (excludes halogenated alkanes) is 4. The lowest BCUT2D eigenvalue weighted by Crippen LogP contribution is -2.38. The van der Waals surface area contributed by atoms with Crippen molar-refractivity contribution in [3.63, 3.8) is 0 Å².